The van der Waals surface area contributed by atoms with E-state index in [9.17, 15) is 14.4 Å². The van der Waals surface area contributed by atoms with Crippen LogP contribution in [0.2, 0.25) is 0 Å². The molecule has 48 heavy (non-hydrogen) atoms. The number of carbonyl (C=O) groups excluding carboxylic acids is 3. The van der Waals surface area contributed by atoms with Crippen LogP contribution in [0.25, 0.3) is 32.3 Å². The topological polar surface area (TPSA) is 60.9 Å². The molecule has 0 saturated heterocycles. The van der Waals surface area contributed by atoms with Gasteiger partial charge < -0.3 is 14.7 Å². The highest BCUT2D eigenvalue weighted by Gasteiger charge is 2.23. The van der Waals surface area contributed by atoms with Gasteiger partial charge in [-0.2, -0.15) is 0 Å². The van der Waals surface area contributed by atoms with Gasteiger partial charge in [-0.25, -0.2) is 0 Å². The quantitative estimate of drug-likeness (QED) is 0.184. The van der Waals surface area contributed by atoms with Gasteiger partial charge in [0.15, 0.2) is 0 Å². The molecule has 6 aromatic rings. The molecule has 0 radical (unpaired) electrons. The third-order valence-electron chi connectivity index (χ3n) is 9.22. The van der Waals surface area contributed by atoms with Gasteiger partial charge in [-0.3, -0.25) is 14.4 Å². The Morgan fingerprint density at radius 2 is 0.625 bits per heavy atom. The SMILES string of the molecule is CCCN1C(=O)c2ccc3ccc(cc3c2)N(CCC)C(=O)c2ccc3ccc(cc3c2)N(CCC)C(=O)c2ccc3ccc1cc3c2. The largest absolute Gasteiger partial charge is 0.308 e. The summed E-state index contributed by atoms with van der Waals surface area (Å²) in [5.74, 6) is -0.278. The van der Waals surface area contributed by atoms with Crippen molar-refractivity contribution in [1.29, 1.82) is 0 Å². The highest BCUT2D eigenvalue weighted by molar-refractivity contribution is 6.12. The molecule has 0 saturated carbocycles. The monoisotopic (exact) mass is 633 g/mol. The molecule has 0 aromatic heterocycles. The van der Waals surface area contributed by atoms with Gasteiger partial charge in [0.25, 0.3) is 17.7 Å². The number of fused-ring (bicyclic) bond motifs is 6. The fourth-order valence-electron chi connectivity index (χ4n) is 6.79. The van der Waals surface area contributed by atoms with E-state index in [1.54, 1.807) is 0 Å². The molecule has 9 bridgehead atoms. The van der Waals surface area contributed by atoms with Crippen molar-refractivity contribution < 1.29 is 14.4 Å². The lowest BCUT2D eigenvalue weighted by atomic mass is 10.0. The summed E-state index contributed by atoms with van der Waals surface area (Å²) in [7, 11) is 0. The van der Waals surface area contributed by atoms with E-state index in [0.29, 0.717) is 36.3 Å². The second-order valence-corrected chi connectivity index (χ2v) is 12.6. The average molecular weight is 634 g/mol. The zero-order valence-electron chi connectivity index (χ0n) is 27.7. The molecule has 1 heterocycles. The van der Waals surface area contributed by atoms with Crippen LogP contribution < -0.4 is 14.7 Å². The summed E-state index contributed by atoms with van der Waals surface area (Å²) in [4.78, 5) is 48.0. The molecular weight excluding hydrogens is 594 g/mol. The Balaban J connectivity index is 1.46. The molecule has 0 fully saturated rings. The molecule has 1 aliphatic heterocycles. The van der Waals surface area contributed by atoms with Crippen molar-refractivity contribution in [1.82, 2.24) is 0 Å². The number of nitrogens with zero attached hydrogens (tertiary/aromatic N) is 3. The van der Waals surface area contributed by atoms with Crippen LogP contribution in [0.3, 0.4) is 0 Å². The second-order valence-electron chi connectivity index (χ2n) is 12.6. The maximum Gasteiger partial charge on any atom is 0.258 e. The van der Waals surface area contributed by atoms with Gasteiger partial charge in [0, 0.05) is 53.4 Å². The van der Waals surface area contributed by atoms with Crippen LogP contribution in [-0.4, -0.2) is 37.4 Å². The molecule has 240 valence electrons. The van der Waals surface area contributed by atoms with Crippen LogP contribution in [-0.2, 0) is 0 Å². The van der Waals surface area contributed by atoms with Crippen molar-refractivity contribution in [3.8, 4) is 0 Å². The lowest BCUT2D eigenvalue weighted by Crippen LogP contribution is -2.32. The zero-order chi connectivity index (χ0) is 33.4. The van der Waals surface area contributed by atoms with Gasteiger partial charge >= 0.3 is 0 Å². The van der Waals surface area contributed by atoms with Crippen LogP contribution in [0.15, 0.2) is 109 Å². The lowest BCUT2D eigenvalue weighted by molar-refractivity contribution is 0.0979. The lowest BCUT2D eigenvalue weighted by Gasteiger charge is -2.24. The molecule has 1 aliphatic rings. The number of anilines is 3. The first-order chi connectivity index (χ1) is 23.4. The number of rotatable bonds is 6. The Bertz CT molecular complexity index is 1970. The normalized spacial score (nSPS) is 13.8. The highest BCUT2D eigenvalue weighted by atomic mass is 16.2. The highest BCUT2D eigenvalue weighted by Crippen LogP contribution is 2.31. The van der Waals surface area contributed by atoms with Crippen molar-refractivity contribution in [2.24, 2.45) is 0 Å². The molecule has 3 amide bonds. The summed E-state index contributed by atoms with van der Waals surface area (Å²) in [5.41, 5.74) is 4.10. The molecule has 6 nitrogen and oxygen atoms in total. The molecule has 0 unspecified atom stereocenters. The van der Waals surface area contributed by atoms with E-state index in [4.69, 9.17) is 0 Å². The van der Waals surface area contributed by atoms with Crippen LogP contribution in [0.1, 0.15) is 71.1 Å². The van der Waals surface area contributed by atoms with Crippen LogP contribution in [0.5, 0.6) is 0 Å². The summed E-state index contributed by atoms with van der Waals surface area (Å²) < 4.78 is 0. The summed E-state index contributed by atoms with van der Waals surface area (Å²) in [6.07, 6.45) is 2.35. The van der Waals surface area contributed by atoms with E-state index < -0.39 is 0 Å². The minimum absolute atomic E-state index is 0.0928. The Morgan fingerprint density at radius 3 is 0.896 bits per heavy atom. The predicted molar refractivity (Wildman–Crippen MR) is 198 cm³/mol. The first kappa shape index (κ1) is 31.1. The molecule has 6 heteroatoms. The third-order valence-corrected chi connectivity index (χ3v) is 9.22. The molecule has 0 spiro atoms. The smallest absolute Gasteiger partial charge is 0.258 e. The summed E-state index contributed by atoms with van der Waals surface area (Å²) in [6, 6.07) is 35.3. The maximum absolute atomic E-state index is 14.2. The third kappa shape index (κ3) is 5.68. The Hall–Kier alpha value is -5.49. The van der Waals surface area contributed by atoms with Gasteiger partial charge in [-0.15, -0.1) is 0 Å². The number of hydrogen-bond acceptors (Lipinski definition) is 3. The van der Waals surface area contributed by atoms with E-state index in [1.165, 1.54) is 0 Å². The van der Waals surface area contributed by atoms with Gasteiger partial charge in [0.2, 0.25) is 0 Å². The molecule has 7 rings (SSSR count). The fraction of sp³-hybridized carbons (Fsp3) is 0.214. The van der Waals surface area contributed by atoms with E-state index in [0.717, 1.165) is 68.6 Å². The minimum Gasteiger partial charge on any atom is -0.308 e. The summed E-state index contributed by atoms with van der Waals surface area (Å²) >= 11 is 0. The average Bonchev–Trinajstić information content (AvgIpc) is 3.12. The molecule has 0 N–H and O–H groups in total. The van der Waals surface area contributed by atoms with Crippen molar-refractivity contribution >= 4 is 67.1 Å². The summed E-state index contributed by atoms with van der Waals surface area (Å²) in [5, 5.41) is 5.69. The van der Waals surface area contributed by atoms with E-state index in [-0.39, 0.29) is 17.7 Å². The van der Waals surface area contributed by atoms with Crippen molar-refractivity contribution in [2.45, 2.75) is 40.0 Å². The molecule has 0 atom stereocenters. The number of amides is 3. The van der Waals surface area contributed by atoms with Gasteiger partial charge in [0.05, 0.1) is 0 Å². The van der Waals surface area contributed by atoms with E-state index >= 15 is 0 Å². The van der Waals surface area contributed by atoms with Gasteiger partial charge in [-0.1, -0.05) is 57.2 Å². The Labute approximate surface area is 281 Å². The molecule has 0 aliphatic carbocycles. The standard InChI is InChI=1S/C42H39N3O3/c1-4-19-43-37-16-13-28-8-11-32(23-34(28)25-37)41(47)45(21-6-3)39-18-15-30-9-12-33(24-36(30)27-39)42(48)44(20-5-2)38-17-14-29-7-10-31(40(43)46)22-35(29)26-38/h7-18,22-27H,4-6,19-21H2,1-3H3. The van der Waals surface area contributed by atoms with E-state index in [2.05, 4.69) is 20.8 Å². The number of hydrogen-bond donors (Lipinski definition) is 0. The van der Waals surface area contributed by atoms with Crippen LogP contribution in [0, 0.1) is 0 Å². The fourth-order valence-corrected chi connectivity index (χ4v) is 6.79. The number of carbonyl (C=O) groups is 3. The van der Waals surface area contributed by atoms with Crippen molar-refractivity contribution in [2.75, 3.05) is 34.3 Å². The predicted octanol–water partition coefficient (Wildman–Crippen LogP) is 9.63. The Kier molecular flexibility index (Phi) is 8.40. The maximum atomic E-state index is 14.2. The molecule has 6 aromatic carbocycles. The Morgan fingerprint density at radius 1 is 0.354 bits per heavy atom. The number of benzene rings is 6. The zero-order valence-corrected chi connectivity index (χ0v) is 27.7. The van der Waals surface area contributed by atoms with Crippen molar-refractivity contribution in [3.05, 3.63) is 126 Å². The summed E-state index contributed by atoms with van der Waals surface area (Å²) in [6.45, 7) is 7.82. The minimum atomic E-state index is -0.0928. The van der Waals surface area contributed by atoms with Gasteiger partial charge in [0.1, 0.15) is 0 Å². The first-order valence-electron chi connectivity index (χ1n) is 17.0. The van der Waals surface area contributed by atoms with Crippen LogP contribution in [0.4, 0.5) is 17.1 Å². The van der Waals surface area contributed by atoms with E-state index in [1.807, 2.05) is 124 Å². The first-order valence-corrected chi connectivity index (χ1v) is 17.0. The molecular formula is C42H39N3O3. The van der Waals surface area contributed by atoms with Gasteiger partial charge in [-0.05, 0) is 124 Å². The van der Waals surface area contributed by atoms with Crippen LogP contribution >= 0.6 is 0 Å². The second kappa shape index (κ2) is 13.0. The van der Waals surface area contributed by atoms with Crippen molar-refractivity contribution in [3.63, 3.8) is 0 Å².